The van der Waals surface area contributed by atoms with E-state index < -0.39 is 12.1 Å². The van der Waals surface area contributed by atoms with Gasteiger partial charge in [0.15, 0.2) is 0 Å². The molecule has 6 heteroatoms. The molecule has 0 rings (SSSR count). The third kappa shape index (κ3) is 81.3. The van der Waals surface area contributed by atoms with E-state index in [1.807, 2.05) is 0 Å². The van der Waals surface area contributed by atoms with Gasteiger partial charge in [0.05, 0.1) is 25.4 Å². The predicted molar refractivity (Wildman–Crippen MR) is 426 cm³/mol. The smallest absolute Gasteiger partial charge is 0.305 e. The summed E-state index contributed by atoms with van der Waals surface area (Å²) in [7, 11) is 0. The lowest BCUT2D eigenvalue weighted by atomic mass is 10.0. The van der Waals surface area contributed by atoms with Gasteiger partial charge in [0.2, 0.25) is 5.91 Å². The highest BCUT2D eigenvalue weighted by molar-refractivity contribution is 5.76. The van der Waals surface area contributed by atoms with E-state index >= 15 is 0 Å². The first-order chi connectivity index (χ1) is 47.5. The Hall–Kier alpha value is -1.66. The molecule has 2 unspecified atom stereocenters. The van der Waals surface area contributed by atoms with E-state index in [0.717, 1.165) is 44.9 Å². The standard InChI is InChI=1S/C90H175NO5/c1-3-5-7-9-11-13-15-17-19-20-21-22-23-39-42-45-48-51-55-58-62-66-70-74-78-82-88(93)87(86-92)91-89(94)83-79-75-71-67-63-59-56-52-49-46-43-40-37-35-33-31-29-27-25-24-26-28-30-32-34-36-38-41-44-47-50-53-57-61-65-69-73-77-81-85-96-90(95)84-80-76-72-68-64-60-54-18-16-14-12-10-8-6-4-2/h18,24-25,54,87-88,92-93H,3-17,19-23,26-53,55-86H2,1-2H3,(H,91,94)/b25-24-,54-18-. The number of esters is 1. The van der Waals surface area contributed by atoms with Gasteiger partial charge in [0.1, 0.15) is 0 Å². The molecular formula is C90H175NO5. The van der Waals surface area contributed by atoms with Crippen molar-refractivity contribution >= 4 is 11.9 Å². The summed E-state index contributed by atoms with van der Waals surface area (Å²) in [4.78, 5) is 24.7. The monoisotopic (exact) mass is 1350 g/mol. The molecule has 0 aliphatic heterocycles. The fourth-order valence-corrected chi connectivity index (χ4v) is 14.5. The normalized spacial score (nSPS) is 12.5. The number of aliphatic hydroxyl groups excluding tert-OH is 2. The quantitative estimate of drug-likeness (QED) is 0.0320. The van der Waals surface area contributed by atoms with Crippen molar-refractivity contribution in [2.75, 3.05) is 13.2 Å². The maximum atomic E-state index is 12.6. The third-order valence-electron chi connectivity index (χ3n) is 21.2. The van der Waals surface area contributed by atoms with Crippen LogP contribution in [0.15, 0.2) is 24.3 Å². The molecule has 0 saturated heterocycles. The number of hydrogen-bond donors (Lipinski definition) is 3. The number of aliphatic hydroxyl groups is 2. The molecule has 0 aromatic heterocycles. The minimum absolute atomic E-state index is 0.0157. The Labute approximate surface area is 602 Å². The minimum Gasteiger partial charge on any atom is -0.466 e. The summed E-state index contributed by atoms with van der Waals surface area (Å²) in [5.41, 5.74) is 0. The topological polar surface area (TPSA) is 95.9 Å². The van der Waals surface area contributed by atoms with Crippen molar-refractivity contribution in [2.24, 2.45) is 0 Å². The summed E-state index contributed by atoms with van der Waals surface area (Å²) >= 11 is 0. The molecular weight excluding hydrogens is 1170 g/mol. The second-order valence-electron chi connectivity index (χ2n) is 30.9. The molecule has 0 fully saturated rings. The zero-order valence-corrected chi connectivity index (χ0v) is 65.7. The second-order valence-corrected chi connectivity index (χ2v) is 30.9. The Morgan fingerprint density at radius 1 is 0.281 bits per heavy atom. The van der Waals surface area contributed by atoms with Crippen molar-refractivity contribution in [1.29, 1.82) is 0 Å². The van der Waals surface area contributed by atoms with Gasteiger partial charge in [-0.3, -0.25) is 9.59 Å². The molecule has 0 aliphatic carbocycles. The Morgan fingerprint density at radius 3 is 0.740 bits per heavy atom. The summed E-state index contributed by atoms with van der Waals surface area (Å²) in [5.74, 6) is -0.00829. The Morgan fingerprint density at radius 2 is 0.490 bits per heavy atom. The second kappa shape index (κ2) is 85.8. The number of hydrogen-bond acceptors (Lipinski definition) is 5. The fraction of sp³-hybridized carbons (Fsp3) is 0.933. The summed E-state index contributed by atoms with van der Waals surface area (Å²) in [6.07, 6.45) is 112. The molecule has 6 nitrogen and oxygen atoms in total. The molecule has 1 amide bonds. The Bertz CT molecular complexity index is 1510. The fourth-order valence-electron chi connectivity index (χ4n) is 14.5. The SMILES string of the molecule is CCCCCCCC/C=C\CCCCCCCC(=O)OCCCCCCCCCCCCCCCCCCCC/C=C\CCCCCCCCCCCCCCCCCCCC(=O)NC(CO)C(O)CCCCCCCCCCCCCCCCCCCCCCCCCCC. The van der Waals surface area contributed by atoms with Gasteiger partial charge in [-0.05, 0) is 77.0 Å². The lowest BCUT2D eigenvalue weighted by Crippen LogP contribution is -2.45. The van der Waals surface area contributed by atoms with E-state index in [9.17, 15) is 19.8 Å². The van der Waals surface area contributed by atoms with E-state index in [2.05, 4.69) is 43.5 Å². The van der Waals surface area contributed by atoms with Crippen LogP contribution < -0.4 is 5.32 Å². The van der Waals surface area contributed by atoms with Gasteiger partial charge in [-0.1, -0.05) is 449 Å². The third-order valence-corrected chi connectivity index (χ3v) is 21.2. The van der Waals surface area contributed by atoms with Gasteiger partial charge in [0, 0.05) is 12.8 Å². The van der Waals surface area contributed by atoms with Crippen LogP contribution in [0, 0.1) is 0 Å². The van der Waals surface area contributed by atoms with Crippen LogP contribution in [0.25, 0.3) is 0 Å². The molecule has 0 bridgehead atoms. The van der Waals surface area contributed by atoms with E-state index in [1.54, 1.807) is 0 Å². The number of carbonyl (C=O) groups is 2. The number of unbranched alkanes of at least 4 members (excludes halogenated alkanes) is 70. The van der Waals surface area contributed by atoms with Crippen molar-refractivity contribution in [2.45, 2.75) is 527 Å². The van der Waals surface area contributed by atoms with Crippen LogP contribution in [0.4, 0.5) is 0 Å². The van der Waals surface area contributed by atoms with Crippen LogP contribution in [-0.4, -0.2) is 47.4 Å². The van der Waals surface area contributed by atoms with E-state index in [1.165, 1.54) is 437 Å². The summed E-state index contributed by atoms with van der Waals surface area (Å²) in [6.45, 7) is 5.01. The molecule has 96 heavy (non-hydrogen) atoms. The maximum Gasteiger partial charge on any atom is 0.305 e. The summed E-state index contributed by atoms with van der Waals surface area (Å²) in [5, 5.41) is 23.5. The highest BCUT2D eigenvalue weighted by atomic mass is 16.5. The molecule has 0 saturated carbocycles. The van der Waals surface area contributed by atoms with Crippen molar-refractivity contribution in [1.82, 2.24) is 5.32 Å². The first kappa shape index (κ1) is 94.3. The zero-order valence-electron chi connectivity index (χ0n) is 65.7. The number of allylic oxidation sites excluding steroid dienone is 4. The number of rotatable bonds is 85. The maximum absolute atomic E-state index is 12.6. The van der Waals surface area contributed by atoms with E-state index in [4.69, 9.17) is 4.74 Å². The van der Waals surface area contributed by atoms with Crippen molar-refractivity contribution in [3.05, 3.63) is 24.3 Å². The molecule has 0 radical (unpaired) electrons. The largest absolute Gasteiger partial charge is 0.466 e. The Kier molecular flexibility index (Phi) is 84.3. The number of carbonyl (C=O) groups excluding carboxylic acids is 2. The van der Waals surface area contributed by atoms with Crippen LogP contribution in [0.3, 0.4) is 0 Å². The number of amides is 1. The highest BCUT2D eigenvalue weighted by Crippen LogP contribution is 2.21. The van der Waals surface area contributed by atoms with Crippen LogP contribution >= 0.6 is 0 Å². The van der Waals surface area contributed by atoms with Crippen LogP contribution in [0.2, 0.25) is 0 Å². The van der Waals surface area contributed by atoms with Gasteiger partial charge in [-0.15, -0.1) is 0 Å². The van der Waals surface area contributed by atoms with Gasteiger partial charge < -0.3 is 20.3 Å². The first-order valence-corrected chi connectivity index (χ1v) is 44.6. The number of ether oxygens (including phenoxy) is 1. The lowest BCUT2D eigenvalue weighted by Gasteiger charge is -2.22. The van der Waals surface area contributed by atoms with Crippen LogP contribution in [0.5, 0.6) is 0 Å². The first-order valence-electron chi connectivity index (χ1n) is 44.6. The van der Waals surface area contributed by atoms with Gasteiger partial charge in [-0.2, -0.15) is 0 Å². The van der Waals surface area contributed by atoms with Crippen LogP contribution in [0.1, 0.15) is 515 Å². The van der Waals surface area contributed by atoms with Gasteiger partial charge in [-0.25, -0.2) is 0 Å². The Balaban J connectivity index is 3.33. The van der Waals surface area contributed by atoms with E-state index in [-0.39, 0.29) is 18.5 Å². The van der Waals surface area contributed by atoms with Crippen LogP contribution in [-0.2, 0) is 14.3 Å². The van der Waals surface area contributed by atoms with Crippen molar-refractivity contribution in [3.8, 4) is 0 Å². The summed E-state index contributed by atoms with van der Waals surface area (Å²) in [6, 6.07) is -0.540. The lowest BCUT2D eigenvalue weighted by molar-refractivity contribution is -0.143. The average molecular weight is 1350 g/mol. The van der Waals surface area contributed by atoms with Crippen molar-refractivity contribution in [3.63, 3.8) is 0 Å². The number of nitrogens with one attached hydrogen (secondary N) is 1. The molecule has 0 aliphatic rings. The molecule has 3 N–H and O–H groups in total. The zero-order chi connectivity index (χ0) is 69.1. The molecule has 0 heterocycles. The molecule has 0 aromatic carbocycles. The van der Waals surface area contributed by atoms with Gasteiger partial charge in [0.25, 0.3) is 0 Å². The van der Waals surface area contributed by atoms with Crippen molar-refractivity contribution < 1.29 is 24.5 Å². The molecule has 570 valence electrons. The molecule has 2 atom stereocenters. The molecule has 0 aromatic rings. The average Bonchev–Trinajstić information content (AvgIpc) is 2.50. The molecule has 0 spiro atoms. The predicted octanol–water partition coefficient (Wildman–Crippen LogP) is 29.9. The minimum atomic E-state index is -0.663. The highest BCUT2D eigenvalue weighted by Gasteiger charge is 2.20. The summed E-state index contributed by atoms with van der Waals surface area (Å²) < 4.78 is 5.50. The van der Waals surface area contributed by atoms with Gasteiger partial charge >= 0.3 is 5.97 Å². The van der Waals surface area contributed by atoms with E-state index in [0.29, 0.717) is 25.9 Å².